The molecule has 84 valence electrons. The first-order valence-corrected chi connectivity index (χ1v) is 5.36. The summed E-state index contributed by atoms with van der Waals surface area (Å²) in [6, 6.07) is 5.86. The van der Waals surface area contributed by atoms with E-state index < -0.39 is 0 Å². The molecule has 0 bridgehead atoms. The molecule has 3 heteroatoms. The molecule has 15 heavy (non-hydrogen) atoms. The summed E-state index contributed by atoms with van der Waals surface area (Å²) in [6.45, 7) is 7.30. The van der Waals surface area contributed by atoms with Gasteiger partial charge in [0.1, 0.15) is 5.75 Å². The molecule has 0 spiro atoms. The molecule has 1 aromatic rings. The van der Waals surface area contributed by atoms with Crippen LogP contribution in [0, 0.1) is 0 Å². The van der Waals surface area contributed by atoms with Gasteiger partial charge in [0.05, 0.1) is 7.11 Å². The van der Waals surface area contributed by atoms with Gasteiger partial charge in [0, 0.05) is 18.3 Å². The molecule has 0 saturated carbocycles. The van der Waals surface area contributed by atoms with Crippen LogP contribution in [-0.2, 0) is 6.54 Å². The maximum absolute atomic E-state index is 5.95. The summed E-state index contributed by atoms with van der Waals surface area (Å²) in [4.78, 5) is 2.33. The van der Waals surface area contributed by atoms with E-state index in [0.717, 1.165) is 31.1 Å². The molecule has 1 aromatic carbocycles. The van der Waals surface area contributed by atoms with Crippen molar-refractivity contribution < 1.29 is 4.74 Å². The Morgan fingerprint density at radius 2 is 1.93 bits per heavy atom. The van der Waals surface area contributed by atoms with E-state index >= 15 is 0 Å². The number of benzene rings is 1. The van der Waals surface area contributed by atoms with Crippen LogP contribution in [0.1, 0.15) is 19.4 Å². The predicted octanol–water partition coefficient (Wildman–Crippen LogP) is 2.12. The molecule has 0 unspecified atom stereocenters. The average Bonchev–Trinajstić information content (AvgIpc) is 2.27. The van der Waals surface area contributed by atoms with Crippen molar-refractivity contribution in [3.63, 3.8) is 0 Å². The molecule has 2 N–H and O–H groups in total. The molecule has 0 radical (unpaired) electrons. The fraction of sp³-hybridized carbons (Fsp3) is 0.500. The predicted molar refractivity (Wildman–Crippen MR) is 64.0 cm³/mol. The van der Waals surface area contributed by atoms with Gasteiger partial charge in [0.2, 0.25) is 0 Å². The number of ether oxygens (including phenoxy) is 1. The smallest absolute Gasteiger partial charge is 0.120 e. The van der Waals surface area contributed by atoms with Crippen molar-refractivity contribution in [1.82, 2.24) is 4.90 Å². The van der Waals surface area contributed by atoms with Crippen LogP contribution in [-0.4, -0.2) is 25.1 Å². The summed E-state index contributed by atoms with van der Waals surface area (Å²) in [6.07, 6.45) is 0. The quantitative estimate of drug-likeness (QED) is 0.753. The Morgan fingerprint density at radius 1 is 1.27 bits per heavy atom. The first-order chi connectivity index (χ1) is 7.21. The highest BCUT2D eigenvalue weighted by atomic mass is 16.5. The van der Waals surface area contributed by atoms with Crippen molar-refractivity contribution in [1.29, 1.82) is 0 Å². The Bertz CT molecular complexity index is 308. The molecule has 0 fully saturated rings. The van der Waals surface area contributed by atoms with Crippen LogP contribution in [0.25, 0.3) is 0 Å². The fourth-order valence-electron chi connectivity index (χ4n) is 1.53. The third-order valence-corrected chi connectivity index (χ3v) is 2.64. The second-order valence-corrected chi connectivity index (χ2v) is 3.53. The lowest BCUT2D eigenvalue weighted by molar-refractivity contribution is 0.296. The molecule has 3 nitrogen and oxygen atoms in total. The minimum atomic E-state index is 0.807. The van der Waals surface area contributed by atoms with E-state index in [1.807, 2.05) is 18.2 Å². The SMILES string of the molecule is CCN(CC)Cc1ccc(OC)cc1N. The monoisotopic (exact) mass is 208 g/mol. The standard InChI is InChI=1S/C12H20N2O/c1-4-14(5-2)9-10-6-7-11(15-3)8-12(10)13/h6-8H,4-5,9,13H2,1-3H3. The van der Waals surface area contributed by atoms with Gasteiger partial charge in [-0.1, -0.05) is 19.9 Å². The Morgan fingerprint density at radius 3 is 2.40 bits per heavy atom. The van der Waals surface area contributed by atoms with E-state index in [2.05, 4.69) is 18.7 Å². The number of methoxy groups -OCH3 is 1. The van der Waals surface area contributed by atoms with Crippen LogP contribution in [0.5, 0.6) is 5.75 Å². The van der Waals surface area contributed by atoms with Gasteiger partial charge in [-0.15, -0.1) is 0 Å². The van der Waals surface area contributed by atoms with Gasteiger partial charge >= 0.3 is 0 Å². The molecule has 0 atom stereocenters. The first kappa shape index (κ1) is 11.9. The molecule has 0 aliphatic heterocycles. The topological polar surface area (TPSA) is 38.5 Å². The number of nitrogens with zero attached hydrogens (tertiary/aromatic N) is 1. The van der Waals surface area contributed by atoms with E-state index in [9.17, 15) is 0 Å². The van der Waals surface area contributed by atoms with Crippen LogP contribution in [0.3, 0.4) is 0 Å². The third kappa shape index (κ3) is 3.13. The number of anilines is 1. The number of rotatable bonds is 5. The number of nitrogens with two attached hydrogens (primary N) is 1. The second-order valence-electron chi connectivity index (χ2n) is 3.53. The number of hydrogen-bond acceptors (Lipinski definition) is 3. The van der Waals surface area contributed by atoms with E-state index in [1.165, 1.54) is 5.56 Å². The lowest BCUT2D eigenvalue weighted by Gasteiger charge is -2.19. The highest BCUT2D eigenvalue weighted by molar-refractivity contribution is 5.51. The molecule has 0 aromatic heterocycles. The summed E-state index contributed by atoms with van der Waals surface area (Å²) >= 11 is 0. The molecule has 1 rings (SSSR count). The van der Waals surface area contributed by atoms with Crippen LogP contribution in [0.2, 0.25) is 0 Å². The molecule has 0 aliphatic carbocycles. The van der Waals surface area contributed by atoms with E-state index in [4.69, 9.17) is 10.5 Å². The summed E-state index contributed by atoms with van der Waals surface area (Å²) in [7, 11) is 1.65. The number of hydrogen-bond donors (Lipinski definition) is 1. The van der Waals surface area contributed by atoms with Crippen LogP contribution < -0.4 is 10.5 Å². The van der Waals surface area contributed by atoms with Gasteiger partial charge in [-0.3, -0.25) is 4.90 Å². The molecule has 0 amide bonds. The van der Waals surface area contributed by atoms with Gasteiger partial charge in [-0.05, 0) is 24.7 Å². The first-order valence-electron chi connectivity index (χ1n) is 5.36. The van der Waals surface area contributed by atoms with Gasteiger partial charge < -0.3 is 10.5 Å². The molecule has 0 saturated heterocycles. The fourth-order valence-corrected chi connectivity index (χ4v) is 1.53. The molecule has 0 aliphatic rings. The van der Waals surface area contributed by atoms with Crippen molar-refractivity contribution in [2.75, 3.05) is 25.9 Å². The Hall–Kier alpha value is -1.22. The normalized spacial score (nSPS) is 10.7. The second kappa shape index (κ2) is 5.61. The van der Waals surface area contributed by atoms with Crippen molar-refractivity contribution in [3.8, 4) is 5.75 Å². The maximum Gasteiger partial charge on any atom is 0.120 e. The van der Waals surface area contributed by atoms with Crippen molar-refractivity contribution >= 4 is 5.69 Å². The van der Waals surface area contributed by atoms with Crippen molar-refractivity contribution in [2.24, 2.45) is 0 Å². The van der Waals surface area contributed by atoms with Crippen molar-refractivity contribution in [3.05, 3.63) is 23.8 Å². The summed E-state index contributed by atoms with van der Waals surface area (Å²) in [5.41, 5.74) is 7.92. The lowest BCUT2D eigenvalue weighted by Crippen LogP contribution is -2.22. The minimum Gasteiger partial charge on any atom is -0.497 e. The minimum absolute atomic E-state index is 0.807. The van der Waals surface area contributed by atoms with Gasteiger partial charge in [0.25, 0.3) is 0 Å². The van der Waals surface area contributed by atoms with Gasteiger partial charge in [0.15, 0.2) is 0 Å². The van der Waals surface area contributed by atoms with E-state index in [0.29, 0.717) is 0 Å². The van der Waals surface area contributed by atoms with Gasteiger partial charge in [-0.2, -0.15) is 0 Å². The zero-order valence-corrected chi connectivity index (χ0v) is 9.79. The maximum atomic E-state index is 5.95. The van der Waals surface area contributed by atoms with E-state index in [1.54, 1.807) is 7.11 Å². The van der Waals surface area contributed by atoms with Gasteiger partial charge in [-0.25, -0.2) is 0 Å². The largest absolute Gasteiger partial charge is 0.497 e. The van der Waals surface area contributed by atoms with Crippen LogP contribution >= 0.6 is 0 Å². The molecule has 0 heterocycles. The zero-order valence-electron chi connectivity index (χ0n) is 9.79. The Balaban J connectivity index is 2.77. The number of nitrogen functional groups attached to an aromatic ring is 1. The highest BCUT2D eigenvalue weighted by Crippen LogP contribution is 2.20. The van der Waals surface area contributed by atoms with E-state index in [-0.39, 0.29) is 0 Å². The Labute approximate surface area is 91.8 Å². The summed E-state index contributed by atoms with van der Waals surface area (Å²) < 4.78 is 5.11. The molecular formula is C12H20N2O. The van der Waals surface area contributed by atoms with Crippen LogP contribution in [0.15, 0.2) is 18.2 Å². The zero-order chi connectivity index (χ0) is 11.3. The molecular weight excluding hydrogens is 188 g/mol. The van der Waals surface area contributed by atoms with Crippen LogP contribution in [0.4, 0.5) is 5.69 Å². The third-order valence-electron chi connectivity index (χ3n) is 2.64. The van der Waals surface area contributed by atoms with Crippen molar-refractivity contribution in [2.45, 2.75) is 20.4 Å². The Kier molecular flexibility index (Phi) is 4.43. The average molecular weight is 208 g/mol. The highest BCUT2D eigenvalue weighted by Gasteiger charge is 2.05. The summed E-state index contributed by atoms with van der Waals surface area (Å²) in [5, 5.41) is 0. The lowest BCUT2D eigenvalue weighted by atomic mass is 10.1. The summed E-state index contributed by atoms with van der Waals surface area (Å²) in [5.74, 6) is 0.816.